The fraction of sp³-hybridized carbons (Fsp3) is 0.467. The Kier molecular flexibility index (Phi) is 4.74. The molecule has 1 aromatic carbocycles. The Hall–Kier alpha value is -1.88. The molecule has 0 atom stereocenters. The Morgan fingerprint density at radius 3 is 2.50 bits per heavy atom. The number of hydrogen-bond donors (Lipinski definition) is 1. The fourth-order valence-corrected chi connectivity index (χ4v) is 2.26. The summed E-state index contributed by atoms with van der Waals surface area (Å²) in [7, 11) is 3.80. The van der Waals surface area contributed by atoms with Crippen LogP contribution in [0.4, 0.5) is 5.69 Å². The summed E-state index contributed by atoms with van der Waals surface area (Å²) in [5, 5.41) is 1.83. The average Bonchev–Trinajstić information content (AvgIpc) is 2.47. The van der Waals surface area contributed by atoms with Crippen molar-refractivity contribution < 1.29 is 9.59 Å². The van der Waals surface area contributed by atoms with Gasteiger partial charge >= 0.3 is 5.91 Å². The fourth-order valence-electron chi connectivity index (χ4n) is 2.26. The van der Waals surface area contributed by atoms with E-state index in [2.05, 4.69) is 5.43 Å². The standard InChI is InChI=1S/C15H21N3O2/c1-17(2)13-8-6-7-12(11-13)14(19)15(20)16-18-9-4-3-5-10-18/h6-8,11H,3-5,9-10H2,1-2H3,(H,16,20). The van der Waals surface area contributed by atoms with E-state index in [1.807, 2.05) is 30.1 Å². The van der Waals surface area contributed by atoms with Gasteiger partial charge in [-0.2, -0.15) is 0 Å². The summed E-state index contributed by atoms with van der Waals surface area (Å²) in [6, 6.07) is 7.10. The van der Waals surface area contributed by atoms with E-state index in [9.17, 15) is 9.59 Å². The molecular weight excluding hydrogens is 254 g/mol. The summed E-state index contributed by atoms with van der Waals surface area (Å²) in [4.78, 5) is 26.0. The molecule has 0 aliphatic carbocycles. The molecule has 1 aromatic rings. The Morgan fingerprint density at radius 1 is 1.15 bits per heavy atom. The molecule has 0 saturated carbocycles. The third kappa shape index (κ3) is 3.57. The lowest BCUT2D eigenvalue weighted by Gasteiger charge is -2.26. The highest BCUT2D eigenvalue weighted by Gasteiger charge is 2.20. The number of ketones is 1. The zero-order chi connectivity index (χ0) is 14.5. The lowest BCUT2D eigenvalue weighted by atomic mass is 10.1. The molecule has 1 aliphatic rings. The van der Waals surface area contributed by atoms with Gasteiger partial charge in [-0.3, -0.25) is 15.0 Å². The van der Waals surface area contributed by atoms with E-state index in [0.717, 1.165) is 31.6 Å². The van der Waals surface area contributed by atoms with Crippen molar-refractivity contribution in [3.8, 4) is 0 Å². The second-order valence-electron chi connectivity index (χ2n) is 5.26. The van der Waals surface area contributed by atoms with Crippen LogP contribution in [-0.2, 0) is 4.79 Å². The van der Waals surface area contributed by atoms with Gasteiger partial charge in [-0.05, 0) is 25.0 Å². The quantitative estimate of drug-likeness (QED) is 0.667. The molecule has 0 aromatic heterocycles. The molecule has 5 heteroatoms. The van der Waals surface area contributed by atoms with E-state index in [1.165, 1.54) is 6.42 Å². The predicted molar refractivity (Wildman–Crippen MR) is 78.7 cm³/mol. The van der Waals surface area contributed by atoms with Crippen molar-refractivity contribution in [3.63, 3.8) is 0 Å². The average molecular weight is 275 g/mol. The molecule has 0 radical (unpaired) electrons. The van der Waals surface area contributed by atoms with Gasteiger partial charge in [-0.1, -0.05) is 18.6 Å². The monoisotopic (exact) mass is 275 g/mol. The molecule has 1 saturated heterocycles. The molecule has 0 spiro atoms. The van der Waals surface area contributed by atoms with E-state index in [1.54, 1.807) is 18.2 Å². The maximum Gasteiger partial charge on any atom is 0.306 e. The minimum atomic E-state index is -0.553. The zero-order valence-electron chi connectivity index (χ0n) is 12.1. The van der Waals surface area contributed by atoms with Gasteiger partial charge in [0, 0.05) is 38.4 Å². The number of hydrazine groups is 1. The predicted octanol–water partition coefficient (Wildman–Crippen LogP) is 1.45. The molecule has 108 valence electrons. The van der Waals surface area contributed by atoms with Gasteiger partial charge in [0.15, 0.2) is 0 Å². The van der Waals surface area contributed by atoms with Crippen LogP contribution in [0.25, 0.3) is 0 Å². The Labute approximate surface area is 119 Å². The van der Waals surface area contributed by atoms with Crippen LogP contribution in [0, 0.1) is 0 Å². The molecule has 1 N–H and O–H groups in total. The smallest absolute Gasteiger partial charge is 0.306 e. The van der Waals surface area contributed by atoms with E-state index in [4.69, 9.17) is 0 Å². The van der Waals surface area contributed by atoms with Crippen molar-refractivity contribution in [3.05, 3.63) is 29.8 Å². The molecule has 1 heterocycles. The summed E-state index contributed by atoms with van der Waals surface area (Å²) in [5.41, 5.74) is 4.02. The highest BCUT2D eigenvalue weighted by Crippen LogP contribution is 2.14. The van der Waals surface area contributed by atoms with Crippen LogP contribution in [-0.4, -0.2) is 43.9 Å². The van der Waals surface area contributed by atoms with Crippen molar-refractivity contribution >= 4 is 17.4 Å². The zero-order valence-corrected chi connectivity index (χ0v) is 12.1. The van der Waals surface area contributed by atoms with E-state index >= 15 is 0 Å². The molecule has 1 aliphatic heterocycles. The second-order valence-corrected chi connectivity index (χ2v) is 5.26. The molecule has 0 unspecified atom stereocenters. The number of hydrogen-bond acceptors (Lipinski definition) is 4. The van der Waals surface area contributed by atoms with Gasteiger partial charge in [-0.25, -0.2) is 5.01 Å². The highest BCUT2D eigenvalue weighted by molar-refractivity contribution is 6.42. The van der Waals surface area contributed by atoms with Crippen LogP contribution >= 0.6 is 0 Å². The van der Waals surface area contributed by atoms with Gasteiger partial charge in [0.05, 0.1) is 0 Å². The number of benzene rings is 1. The number of amides is 1. The third-order valence-electron chi connectivity index (χ3n) is 3.45. The van der Waals surface area contributed by atoms with E-state index < -0.39 is 11.7 Å². The van der Waals surface area contributed by atoms with Gasteiger partial charge in [0.2, 0.25) is 0 Å². The lowest BCUT2D eigenvalue weighted by molar-refractivity contribution is -0.122. The number of Topliss-reactive ketones (excluding diaryl/α,β-unsaturated/α-hetero) is 1. The number of carbonyl (C=O) groups excluding carboxylic acids is 2. The Balaban J connectivity index is 2.02. The van der Waals surface area contributed by atoms with Crippen LogP contribution < -0.4 is 10.3 Å². The SMILES string of the molecule is CN(C)c1cccc(C(=O)C(=O)NN2CCCCC2)c1. The number of nitrogens with zero attached hydrogens (tertiary/aromatic N) is 2. The van der Waals surface area contributed by atoms with Gasteiger partial charge in [0.25, 0.3) is 5.78 Å². The van der Waals surface area contributed by atoms with E-state index in [-0.39, 0.29) is 0 Å². The molecule has 2 rings (SSSR count). The molecule has 20 heavy (non-hydrogen) atoms. The number of piperidine rings is 1. The molecule has 0 bridgehead atoms. The van der Waals surface area contributed by atoms with Crippen LogP contribution in [0.15, 0.2) is 24.3 Å². The van der Waals surface area contributed by atoms with Gasteiger partial charge in [-0.15, -0.1) is 0 Å². The van der Waals surface area contributed by atoms with E-state index in [0.29, 0.717) is 5.56 Å². The first-order chi connectivity index (χ1) is 9.58. The minimum Gasteiger partial charge on any atom is -0.378 e. The van der Waals surface area contributed by atoms with Crippen molar-refractivity contribution in [2.45, 2.75) is 19.3 Å². The van der Waals surface area contributed by atoms with Crippen LogP contribution in [0.2, 0.25) is 0 Å². The number of rotatable bonds is 4. The maximum atomic E-state index is 12.1. The topological polar surface area (TPSA) is 52.7 Å². The molecule has 1 amide bonds. The van der Waals surface area contributed by atoms with Crippen molar-refractivity contribution in [2.24, 2.45) is 0 Å². The van der Waals surface area contributed by atoms with Gasteiger partial charge < -0.3 is 4.90 Å². The normalized spacial score (nSPS) is 15.7. The first-order valence-corrected chi connectivity index (χ1v) is 6.95. The Morgan fingerprint density at radius 2 is 1.85 bits per heavy atom. The summed E-state index contributed by atoms with van der Waals surface area (Å²) in [6.07, 6.45) is 3.31. The van der Waals surface area contributed by atoms with Crippen LogP contribution in [0.5, 0.6) is 0 Å². The van der Waals surface area contributed by atoms with Crippen molar-refractivity contribution in [1.82, 2.24) is 10.4 Å². The number of carbonyl (C=O) groups is 2. The first kappa shape index (κ1) is 14.5. The van der Waals surface area contributed by atoms with Crippen LogP contribution in [0.1, 0.15) is 29.6 Å². The van der Waals surface area contributed by atoms with Crippen LogP contribution in [0.3, 0.4) is 0 Å². The lowest BCUT2D eigenvalue weighted by Crippen LogP contribution is -2.47. The summed E-state index contributed by atoms with van der Waals surface area (Å²) >= 11 is 0. The second kappa shape index (κ2) is 6.52. The first-order valence-electron chi connectivity index (χ1n) is 6.95. The van der Waals surface area contributed by atoms with Crippen molar-refractivity contribution in [1.29, 1.82) is 0 Å². The van der Waals surface area contributed by atoms with Crippen molar-refractivity contribution in [2.75, 3.05) is 32.1 Å². The summed E-state index contributed by atoms with van der Waals surface area (Å²) in [6.45, 7) is 1.63. The largest absolute Gasteiger partial charge is 0.378 e. The Bertz CT molecular complexity index is 494. The summed E-state index contributed by atoms with van der Waals surface area (Å²) in [5.74, 6) is -1.04. The summed E-state index contributed by atoms with van der Waals surface area (Å²) < 4.78 is 0. The molecule has 5 nitrogen and oxygen atoms in total. The van der Waals surface area contributed by atoms with Gasteiger partial charge in [0.1, 0.15) is 0 Å². The molecular formula is C15H21N3O2. The minimum absolute atomic E-state index is 0.422. The number of anilines is 1. The third-order valence-corrected chi connectivity index (χ3v) is 3.45. The highest BCUT2D eigenvalue weighted by atomic mass is 16.2. The molecule has 1 fully saturated rings. The maximum absolute atomic E-state index is 12.1. The number of nitrogens with one attached hydrogen (secondary N) is 1.